The molecule has 2 aliphatic heterocycles. The van der Waals surface area contributed by atoms with Gasteiger partial charge in [0.2, 0.25) is 0 Å². The van der Waals surface area contributed by atoms with E-state index in [0.717, 1.165) is 38.4 Å². The summed E-state index contributed by atoms with van der Waals surface area (Å²) in [5, 5.41) is 8.40. The van der Waals surface area contributed by atoms with Crippen LogP contribution in [-0.4, -0.2) is 50.8 Å². The molecule has 4 heterocycles. The summed E-state index contributed by atoms with van der Waals surface area (Å²) in [5.41, 5.74) is -2.89. The summed E-state index contributed by atoms with van der Waals surface area (Å²) in [6.45, 7) is 1.76. The first-order valence-electron chi connectivity index (χ1n) is 11.0. The van der Waals surface area contributed by atoms with Crippen molar-refractivity contribution in [1.29, 1.82) is 0 Å². The molecule has 3 aliphatic rings. The molecule has 5 rings (SSSR count). The summed E-state index contributed by atoms with van der Waals surface area (Å²) in [4.78, 5) is 7.49. The number of rotatable bonds is 3. The van der Waals surface area contributed by atoms with Gasteiger partial charge in [-0.05, 0) is 63.7 Å². The van der Waals surface area contributed by atoms with Crippen LogP contribution in [0.15, 0.2) is 18.5 Å². The van der Waals surface area contributed by atoms with Crippen molar-refractivity contribution in [2.45, 2.75) is 62.6 Å². The second kappa shape index (κ2) is 7.85. The fourth-order valence-electron chi connectivity index (χ4n) is 5.72. The molecule has 180 valence electrons. The molecule has 0 aromatic carbocycles. The number of hydrogen-bond donors (Lipinski definition) is 0. The van der Waals surface area contributed by atoms with Gasteiger partial charge in [0.25, 0.3) is 0 Å². The second-order valence-corrected chi connectivity index (χ2v) is 9.33. The Kier molecular flexibility index (Phi) is 5.33. The lowest BCUT2D eigenvalue weighted by atomic mass is 9.96. The molecule has 2 aromatic heterocycles. The highest BCUT2D eigenvalue weighted by Crippen LogP contribution is 2.52. The number of likely N-dealkylation sites (tertiary alicyclic amines) is 1. The Labute approximate surface area is 186 Å². The smallest absolute Gasteiger partial charge is 0.343 e. The van der Waals surface area contributed by atoms with Gasteiger partial charge in [-0.2, -0.15) is 26.3 Å². The average Bonchev–Trinajstić information content (AvgIpc) is 3.47. The Bertz CT molecular complexity index is 985. The summed E-state index contributed by atoms with van der Waals surface area (Å²) in [7, 11) is 2.02. The number of nitrogens with zero attached hydrogens (tertiary/aromatic N) is 6. The van der Waals surface area contributed by atoms with Gasteiger partial charge in [-0.25, -0.2) is 4.98 Å². The van der Waals surface area contributed by atoms with E-state index in [4.69, 9.17) is 0 Å². The third-order valence-electron chi connectivity index (χ3n) is 7.14. The molecular formula is C21H24F6N6. The second-order valence-electron chi connectivity index (χ2n) is 9.33. The highest BCUT2D eigenvalue weighted by molar-refractivity contribution is 5.49. The number of fused-ring (bicyclic) bond motifs is 2. The molecule has 0 amide bonds. The molecule has 0 spiro atoms. The first-order chi connectivity index (χ1) is 15.5. The topological polar surface area (TPSA) is 50.1 Å². The van der Waals surface area contributed by atoms with Crippen LogP contribution in [0, 0.1) is 5.92 Å². The van der Waals surface area contributed by atoms with Crippen molar-refractivity contribution in [2.75, 3.05) is 25.0 Å². The van der Waals surface area contributed by atoms with E-state index in [2.05, 4.69) is 20.1 Å². The molecule has 3 fully saturated rings. The van der Waals surface area contributed by atoms with Gasteiger partial charge in [-0.3, -0.25) is 0 Å². The van der Waals surface area contributed by atoms with Gasteiger partial charge in [-0.15, -0.1) is 10.2 Å². The quantitative estimate of drug-likeness (QED) is 0.604. The zero-order valence-electron chi connectivity index (χ0n) is 17.9. The lowest BCUT2D eigenvalue weighted by molar-refractivity contribution is -0.145. The molecule has 4 atom stereocenters. The highest BCUT2D eigenvalue weighted by atomic mass is 19.4. The normalized spacial score (nSPS) is 28.6. The van der Waals surface area contributed by atoms with E-state index in [9.17, 15) is 26.3 Å². The molecule has 1 aliphatic carbocycles. The van der Waals surface area contributed by atoms with Gasteiger partial charge in [-0.1, -0.05) is 0 Å². The molecule has 2 aromatic rings. The first kappa shape index (κ1) is 22.4. The lowest BCUT2D eigenvalue weighted by Crippen LogP contribution is -2.39. The van der Waals surface area contributed by atoms with Crippen LogP contribution in [0.1, 0.15) is 61.3 Å². The van der Waals surface area contributed by atoms with Crippen LogP contribution in [0.5, 0.6) is 0 Å². The van der Waals surface area contributed by atoms with E-state index in [1.54, 1.807) is 11.2 Å². The number of anilines is 1. The Morgan fingerprint density at radius 1 is 0.970 bits per heavy atom. The van der Waals surface area contributed by atoms with Gasteiger partial charge >= 0.3 is 12.4 Å². The maximum Gasteiger partial charge on any atom is 0.433 e. The van der Waals surface area contributed by atoms with Crippen LogP contribution in [0.4, 0.5) is 32.2 Å². The monoisotopic (exact) mass is 474 g/mol. The van der Waals surface area contributed by atoms with Crippen molar-refractivity contribution >= 4 is 5.82 Å². The van der Waals surface area contributed by atoms with Gasteiger partial charge in [0, 0.05) is 18.6 Å². The third-order valence-corrected chi connectivity index (χ3v) is 7.14. The van der Waals surface area contributed by atoms with Crippen LogP contribution in [0.25, 0.3) is 0 Å². The molecule has 33 heavy (non-hydrogen) atoms. The van der Waals surface area contributed by atoms with Crippen molar-refractivity contribution in [3.05, 3.63) is 35.5 Å². The first-order valence-corrected chi connectivity index (χ1v) is 11.0. The van der Waals surface area contributed by atoms with Crippen LogP contribution < -0.4 is 4.90 Å². The fourth-order valence-corrected chi connectivity index (χ4v) is 5.72. The zero-order valence-corrected chi connectivity index (χ0v) is 17.9. The molecule has 2 saturated heterocycles. The molecule has 2 bridgehead atoms. The van der Waals surface area contributed by atoms with Gasteiger partial charge < -0.3 is 14.4 Å². The minimum atomic E-state index is -4.99. The Morgan fingerprint density at radius 2 is 1.76 bits per heavy atom. The number of aromatic nitrogens is 4. The fraction of sp³-hybridized carbons (Fsp3) is 0.667. The number of alkyl halides is 6. The van der Waals surface area contributed by atoms with E-state index in [1.165, 1.54) is 0 Å². The number of hydrogen-bond acceptors (Lipinski definition) is 5. The standard InChI is InChI=1S/C21H24F6N6/c1-31-6-2-3-15(10-31)32-11-28-30-19(32)18-12-4-5-14(7-12)33(18)17-9-13(20(22,23)24)8-16(29-17)21(25,26)27/h8-9,11-12,14-15,18H,2-7,10H2,1H3/t12-,14+,15?,18-/m0/s1. The van der Waals surface area contributed by atoms with Crippen LogP contribution in [0.3, 0.4) is 0 Å². The molecule has 12 heteroatoms. The summed E-state index contributed by atoms with van der Waals surface area (Å²) in [6.07, 6.45) is -4.16. The maximum atomic E-state index is 13.5. The lowest BCUT2D eigenvalue weighted by Gasteiger charge is -2.38. The Balaban J connectivity index is 1.58. The number of halogens is 6. The summed E-state index contributed by atoms with van der Waals surface area (Å²) in [6, 6.07) is 0.271. The van der Waals surface area contributed by atoms with E-state index in [1.807, 2.05) is 11.6 Å². The largest absolute Gasteiger partial charge is 0.433 e. The van der Waals surface area contributed by atoms with Crippen LogP contribution in [0.2, 0.25) is 0 Å². The Hall–Kier alpha value is -2.37. The molecule has 1 saturated carbocycles. The van der Waals surface area contributed by atoms with E-state index >= 15 is 0 Å². The molecule has 6 nitrogen and oxygen atoms in total. The molecule has 0 radical (unpaired) electrons. The van der Waals surface area contributed by atoms with Crippen molar-refractivity contribution in [2.24, 2.45) is 5.92 Å². The van der Waals surface area contributed by atoms with Crippen LogP contribution in [-0.2, 0) is 12.4 Å². The molecule has 1 unspecified atom stereocenters. The van der Waals surface area contributed by atoms with Gasteiger partial charge in [0.15, 0.2) is 5.82 Å². The van der Waals surface area contributed by atoms with E-state index in [0.29, 0.717) is 18.7 Å². The third kappa shape index (κ3) is 4.06. The highest BCUT2D eigenvalue weighted by Gasteiger charge is 2.50. The average molecular weight is 474 g/mol. The van der Waals surface area contributed by atoms with Crippen molar-refractivity contribution in [3.8, 4) is 0 Å². The Morgan fingerprint density at radius 3 is 2.45 bits per heavy atom. The molecule has 0 N–H and O–H groups in total. The number of likely N-dealkylation sites (N-methyl/N-ethyl adjacent to an activating group) is 1. The number of piperidine rings is 2. The SMILES string of the molecule is CN1CCCC(n2cnnc2[C@@H]2[C@H]3CC[C@H](C3)N2c2cc(C(F)(F)F)cc(C(F)(F)F)n2)C1. The van der Waals surface area contributed by atoms with Gasteiger partial charge in [0.05, 0.1) is 11.6 Å². The van der Waals surface area contributed by atoms with E-state index in [-0.39, 0.29) is 29.9 Å². The van der Waals surface area contributed by atoms with Crippen molar-refractivity contribution in [3.63, 3.8) is 0 Å². The number of pyridine rings is 1. The summed E-state index contributed by atoms with van der Waals surface area (Å²) >= 11 is 0. The summed E-state index contributed by atoms with van der Waals surface area (Å²) in [5.74, 6) is 0.366. The molecular weight excluding hydrogens is 450 g/mol. The minimum absolute atomic E-state index is 0.0740. The predicted octanol–water partition coefficient (Wildman–Crippen LogP) is 4.71. The minimum Gasteiger partial charge on any atom is -0.343 e. The van der Waals surface area contributed by atoms with E-state index < -0.39 is 29.7 Å². The zero-order chi connectivity index (χ0) is 23.5. The van der Waals surface area contributed by atoms with Gasteiger partial charge in [0.1, 0.15) is 17.8 Å². The predicted molar refractivity (Wildman–Crippen MR) is 106 cm³/mol. The van der Waals surface area contributed by atoms with Crippen molar-refractivity contribution < 1.29 is 26.3 Å². The van der Waals surface area contributed by atoms with Crippen LogP contribution >= 0.6 is 0 Å². The summed E-state index contributed by atoms with van der Waals surface area (Å²) < 4.78 is 82.7. The van der Waals surface area contributed by atoms with Crippen molar-refractivity contribution in [1.82, 2.24) is 24.6 Å². The maximum absolute atomic E-state index is 13.5.